The third kappa shape index (κ3) is 3.34. The minimum atomic E-state index is 0.229. The smallest absolute Gasteiger partial charge is 0.0451 e. The van der Waals surface area contributed by atoms with Crippen LogP contribution < -0.4 is 11.5 Å². The zero-order chi connectivity index (χ0) is 15.4. The third-order valence-corrected chi connectivity index (χ3v) is 4.51. The molecule has 4 heteroatoms. The van der Waals surface area contributed by atoms with Crippen LogP contribution in [0, 0.1) is 0 Å². The molecule has 4 N–H and O–H groups in total. The van der Waals surface area contributed by atoms with Crippen LogP contribution in [-0.4, -0.2) is 9.97 Å². The minimum Gasteiger partial charge on any atom is -0.324 e. The molecule has 22 heavy (non-hydrogen) atoms. The van der Waals surface area contributed by atoms with Gasteiger partial charge in [-0.25, -0.2) is 0 Å². The second-order valence-corrected chi connectivity index (χ2v) is 6.08. The fourth-order valence-electron chi connectivity index (χ4n) is 3.28. The van der Waals surface area contributed by atoms with E-state index in [0.717, 1.165) is 25.7 Å². The summed E-state index contributed by atoms with van der Waals surface area (Å²) in [5.74, 6) is 0. The van der Waals surface area contributed by atoms with Gasteiger partial charge in [0.1, 0.15) is 0 Å². The van der Waals surface area contributed by atoms with Crippen LogP contribution in [0.2, 0.25) is 0 Å². The molecule has 0 spiro atoms. The molecule has 2 aliphatic carbocycles. The van der Waals surface area contributed by atoms with Crippen molar-refractivity contribution >= 4 is 0 Å². The van der Waals surface area contributed by atoms with E-state index in [1.807, 2.05) is 24.5 Å². The monoisotopic (exact) mass is 296 g/mol. The summed E-state index contributed by atoms with van der Waals surface area (Å²) in [6, 6.07) is 8.56. The molecule has 2 heterocycles. The average Bonchev–Trinajstić information content (AvgIpc) is 2.57. The molecule has 0 aliphatic heterocycles. The maximum absolute atomic E-state index is 5.91. The van der Waals surface area contributed by atoms with E-state index in [2.05, 4.69) is 22.1 Å². The highest BCUT2D eigenvalue weighted by Crippen LogP contribution is 2.26. The van der Waals surface area contributed by atoms with E-state index in [1.54, 1.807) is 0 Å². The largest absolute Gasteiger partial charge is 0.324 e. The van der Waals surface area contributed by atoms with Crippen LogP contribution >= 0.6 is 0 Å². The molecule has 4 nitrogen and oxygen atoms in total. The van der Waals surface area contributed by atoms with E-state index in [4.69, 9.17) is 11.5 Å². The number of rotatable bonds is 0. The lowest BCUT2D eigenvalue weighted by atomic mass is 9.92. The summed E-state index contributed by atoms with van der Waals surface area (Å²) >= 11 is 0. The Morgan fingerprint density at radius 2 is 1.23 bits per heavy atom. The van der Waals surface area contributed by atoms with Crippen molar-refractivity contribution in [1.29, 1.82) is 0 Å². The number of hydrogen-bond donors (Lipinski definition) is 2. The molecule has 0 saturated carbocycles. The van der Waals surface area contributed by atoms with Gasteiger partial charge in [-0.2, -0.15) is 0 Å². The highest BCUT2D eigenvalue weighted by Gasteiger charge is 2.16. The molecule has 0 unspecified atom stereocenters. The van der Waals surface area contributed by atoms with E-state index < -0.39 is 0 Å². The molecule has 0 amide bonds. The second-order valence-electron chi connectivity index (χ2n) is 6.08. The van der Waals surface area contributed by atoms with E-state index in [0.29, 0.717) is 0 Å². The van der Waals surface area contributed by atoms with Gasteiger partial charge in [0.25, 0.3) is 0 Å². The highest BCUT2D eigenvalue weighted by molar-refractivity contribution is 5.26. The first-order valence-corrected chi connectivity index (χ1v) is 8.14. The van der Waals surface area contributed by atoms with Crippen LogP contribution in [0.3, 0.4) is 0 Å². The predicted octanol–water partition coefficient (Wildman–Crippen LogP) is 2.84. The Hall–Kier alpha value is -1.78. The van der Waals surface area contributed by atoms with Crippen molar-refractivity contribution in [3.05, 3.63) is 59.2 Å². The molecule has 2 aliphatic rings. The molecule has 2 aromatic rings. The number of nitrogens with two attached hydrogens (primary N) is 2. The summed E-state index contributed by atoms with van der Waals surface area (Å²) in [5.41, 5.74) is 16.7. The Labute approximate surface area is 132 Å². The lowest BCUT2D eigenvalue weighted by molar-refractivity contribution is 0.560. The lowest BCUT2D eigenvalue weighted by Crippen LogP contribution is -2.17. The van der Waals surface area contributed by atoms with E-state index >= 15 is 0 Å². The van der Waals surface area contributed by atoms with Crippen LogP contribution in [-0.2, 0) is 12.8 Å². The van der Waals surface area contributed by atoms with E-state index in [9.17, 15) is 0 Å². The maximum atomic E-state index is 5.91. The van der Waals surface area contributed by atoms with Crippen molar-refractivity contribution in [3.8, 4) is 0 Å². The number of pyridine rings is 2. The van der Waals surface area contributed by atoms with Crippen LogP contribution in [0.25, 0.3) is 0 Å². The molecule has 4 rings (SSSR count). The number of aromatic nitrogens is 2. The fourth-order valence-corrected chi connectivity index (χ4v) is 3.28. The van der Waals surface area contributed by atoms with Gasteiger partial charge in [0.15, 0.2) is 0 Å². The average molecular weight is 296 g/mol. The van der Waals surface area contributed by atoms with Crippen molar-refractivity contribution in [2.45, 2.75) is 50.6 Å². The molecular weight excluding hydrogens is 272 g/mol. The minimum absolute atomic E-state index is 0.229. The standard InChI is InChI=1S/2C9H12N2/c2*10-8-4-1-5-9-7(8)3-2-6-11-9/h2*2-3,6,8H,1,4-5,10H2/t2*8-/m10/s1. The van der Waals surface area contributed by atoms with Crippen molar-refractivity contribution in [2.24, 2.45) is 11.5 Å². The highest BCUT2D eigenvalue weighted by atomic mass is 14.7. The van der Waals surface area contributed by atoms with Gasteiger partial charge >= 0.3 is 0 Å². The summed E-state index contributed by atoms with van der Waals surface area (Å²) in [6.07, 6.45) is 10.5. The van der Waals surface area contributed by atoms with Crippen LogP contribution in [0.1, 0.15) is 60.3 Å². The maximum Gasteiger partial charge on any atom is 0.0451 e. The van der Waals surface area contributed by atoms with Crippen molar-refractivity contribution in [3.63, 3.8) is 0 Å². The van der Waals surface area contributed by atoms with Crippen molar-refractivity contribution < 1.29 is 0 Å². The number of nitrogens with zero attached hydrogens (tertiary/aromatic N) is 2. The summed E-state index contributed by atoms with van der Waals surface area (Å²) in [7, 11) is 0. The van der Waals surface area contributed by atoms with Gasteiger partial charge in [-0.1, -0.05) is 12.1 Å². The molecule has 0 saturated heterocycles. The van der Waals surface area contributed by atoms with Gasteiger partial charge in [-0.3, -0.25) is 9.97 Å². The summed E-state index contributed by atoms with van der Waals surface area (Å²) in [6.45, 7) is 0. The van der Waals surface area contributed by atoms with Gasteiger partial charge in [-0.05, 0) is 61.8 Å². The van der Waals surface area contributed by atoms with Gasteiger partial charge in [-0.15, -0.1) is 0 Å². The van der Waals surface area contributed by atoms with Gasteiger partial charge in [0.2, 0.25) is 0 Å². The Kier molecular flexibility index (Phi) is 4.80. The van der Waals surface area contributed by atoms with E-state index in [1.165, 1.54) is 35.4 Å². The zero-order valence-electron chi connectivity index (χ0n) is 12.9. The molecular formula is C18H24N4. The summed E-state index contributed by atoms with van der Waals surface area (Å²) < 4.78 is 0. The van der Waals surface area contributed by atoms with Crippen LogP contribution in [0.4, 0.5) is 0 Å². The zero-order valence-corrected chi connectivity index (χ0v) is 12.9. The van der Waals surface area contributed by atoms with Gasteiger partial charge < -0.3 is 11.5 Å². The molecule has 0 fully saturated rings. The number of aryl methyl sites for hydroxylation is 2. The SMILES string of the molecule is N[C@@H]1CCCc2ncccc21.N[C@H]1CCCc2ncccc21. The molecule has 116 valence electrons. The Bertz CT molecular complexity index is 570. The first kappa shape index (κ1) is 15.1. The van der Waals surface area contributed by atoms with Crippen molar-refractivity contribution in [2.75, 3.05) is 0 Å². The van der Waals surface area contributed by atoms with Crippen LogP contribution in [0.5, 0.6) is 0 Å². The van der Waals surface area contributed by atoms with Gasteiger partial charge in [0.05, 0.1) is 0 Å². The molecule has 0 radical (unpaired) electrons. The Balaban J connectivity index is 0.000000131. The number of hydrogen-bond acceptors (Lipinski definition) is 4. The fraction of sp³-hybridized carbons (Fsp3) is 0.444. The lowest BCUT2D eigenvalue weighted by Gasteiger charge is -2.20. The number of fused-ring (bicyclic) bond motifs is 2. The summed E-state index contributed by atoms with van der Waals surface area (Å²) in [4.78, 5) is 8.58. The first-order chi connectivity index (χ1) is 10.8. The molecule has 2 atom stereocenters. The Morgan fingerprint density at radius 3 is 1.64 bits per heavy atom. The predicted molar refractivity (Wildman–Crippen MR) is 88.2 cm³/mol. The summed E-state index contributed by atoms with van der Waals surface area (Å²) in [5, 5.41) is 0. The third-order valence-electron chi connectivity index (χ3n) is 4.51. The molecule has 2 aromatic heterocycles. The van der Waals surface area contributed by atoms with Crippen LogP contribution in [0.15, 0.2) is 36.7 Å². The van der Waals surface area contributed by atoms with Gasteiger partial charge in [0, 0.05) is 35.9 Å². The second kappa shape index (κ2) is 6.99. The molecule has 0 bridgehead atoms. The first-order valence-electron chi connectivity index (χ1n) is 8.14. The molecule has 0 aromatic carbocycles. The van der Waals surface area contributed by atoms with E-state index in [-0.39, 0.29) is 12.1 Å². The van der Waals surface area contributed by atoms with Crippen molar-refractivity contribution in [1.82, 2.24) is 9.97 Å². The normalized spacial score (nSPS) is 22.8. The topological polar surface area (TPSA) is 77.8 Å². The Morgan fingerprint density at radius 1 is 0.773 bits per heavy atom. The quantitative estimate of drug-likeness (QED) is 0.783.